The number of aromatic nitrogens is 2. The lowest BCUT2D eigenvalue weighted by Crippen LogP contribution is -2.17. The van der Waals surface area contributed by atoms with Crippen LogP contribution >= 0.6 is 0 Å². The predicted molar refractivity (Wildman–Crippen MR) is 261 cm³/mol. The number of fused-ring (bicyclic) bond motifs is 14. The Hall–Kier alpha value is -5.86. The third-order valence-corrected chi connectivity index (χ3v) is 13.7. The second-order valence-corrected chi connectivity index (χ2v) is 21.9. The molecule has 0 aliphatic rings. The summed E-state index contributed by atoms with van der Waals surface area (Å²) in [6, 6.07) is 46.6. The number of hydrogen-bond donors (Lipinski definition) is 0. The summed E-state index contributed by atoms with van der Waals surface area (Å²) in [6.07, 6.45) is 0. The van der Waals surface area contributed by atoms with E-state index in [0.717, 1.165) is 0 Å². The van der Waals surface area contributed by atoms with E-state index < -0.39 is 0 Å². The van der Waals surface area contributed by atoms with Crippen molar-refractivity contribution >= 4 is 76.2 Å². The highest BCUT2D eigenvalue weighted by Crippen LogP contribution is 2.55. The largest absolute Gasteiger partial charge is 0.308 e. The van der Waals surface area contributed by atoms with E-state index in [-0.39, 0.29) is 21.7 Å². The topological polar surface area (TPSA) is 8.82 Å². The first-order valence-electron chi connectivity index (χ1n) is 21.9. The highest BCUT2D eigenvalue weighted by Gasteiger charge is 2.34. The fourth-order valence-electron chi connectivity index (χ4n) is 10.5. The summed E-state index contributed by atoms with van der Waals surface area (Å²) in [4.78, 5) is 0. The van der Waals surface area contributed by atoms with Gasteiger partial charge in [-0.2, -0.15) is 0 Å². The van der Waals surface area contributed by atoms with Gasteiger partial charge in [0.1, 0.15) is 0 Å². The van der Waals surface area contributed by atoms with Crippen molar-refractivity contribution in [1.82, 2.24) is 8.80 Å². The molecule has 0 saturated carbocycles. The molecule has 0 bridgehead atoms. The van der Waals surface area contributed by atoms with Crippen molar-refractivity contribution in [1.29, 1.82) is 0 Å². The van der Waals surface area contributed by atoms with Gasteiger partial charge < -0.3 is 8.80 Å². The molecule has 4 heterocycles. The Labute approximate surface area is 354 Å². The fraction of sp³-hybridized carbons (Fsp3) is 0.276. The number of hydrogen-bond acceptors (Lipinski definition) is 0. The molecule has 60 heavy (non-hydrogen) atoms. The summed E-state index contributed by atoms with van der Waals surface area (Å²) in [5, 5.41) is 10.9. The lowest BCUT2D eigenvalue weighted by Gasteiger charge is -2.26. The van der Waals surface area contributed by atoms with E-state index in [9.17, 15) is 0 Å². The van der Waals surface area contributed by atoms with Gasteiger partial charge in [0, 0.05) is 43.1 Å². The van der Waals surface area contributed by atoms with Gasteiger partial charge in [0.05, 0.1) is 33.1 Å². The van der Waals surface area contributed by atoms with Gasteiger partial charge in [0.2, 0.25) is 0 Å². The molecule has 7 aromatic carbocycles. The molecule has 298 valence electrons. The highest BCUT2D eigenvalue weighted by molar-refractivity contribution is 6.45. The molecule has 0 unspecified atom stereocenters. The molecule has 0 aliphatic carbocycles. The molecule has 0 spiro atoms. The van der Waals surface area contributed by atoms with E-state index in [1.54, 1.807) is 0 Å². The molecule has 11 rings (SSSR count). The summed E-state index contributed by atoms with van der Waals surface area (Å²) < 4.78 is 5.38. The monoisotopic (exact) mass is 780 g/mol. The second-order valence-electron chi connectivity index (χ2n) is 21.9. The maximum atomic E-state index is 2.69. The van der Waals surface area contributed by atoms with Crippen molar-refractivity contribution in [2.75, 3.05) is 0 Å². The number of rotatable bonds is 2. The van der Waals surface area contributed by atoms with Crippen molar-refractivity contribution in [3.63, 3.8) is 0 Å². The van der Waals surface area contributed by atoms with Crippen molar-refractivity contribution in [2.45, 2.75) is 105 Å². The molecule has 4 aromatic heterocycles. The van der Waals surface area contributed by atoms with Crippen LogP contribution in [0.3, 0.4) is 0 Å². The van der Waals surface area contributed by atoms with Crippen LogP contribution in [0.4, 0.5) is 0 Å². The minimum atomic E-state index is -0.0937. The molecule has 0 radical (unpaired) electrons. The molecular formula is C58H56N2. The third kappa shape index (κ3) is 5.06. The summed E-state index contributed by atoms with van der Waals surface area (Å²) in [5.41, 5.74) is 18.3. The van der Waals surface area contributed by atoms with Gasteiger partial charge in [-0.1, -0.05) is 168 Å². The minimum Gasteiger partial charge on any atom is -0.308 e. The van der Waals surface area contributed by atoms with Gasteiger partial charge in [0.15, 0.2) is 0 Å². The van der Waals surface area contributed by atoms with Gasteiger partial charge in [0.25, 0.3) is 0 Å². The van der Waals surface area contributed by atoms with Crippen LogP contribution in [-0.4, -0.2) is 8.80 Å². The molecular weight excluding hydrogens is 725 g/mol. The molecule has 0 aliphatic heterocycles. The third-order valence-electron chi connectivity index (χ3n) is 13.7. The van der Waals surface area contributed by atoms with Gasteiger partial charge in [-0.3, -0.25) is 0 Å². The van der Waals surface area contributed by atoms with Gasteiger partial charge in [-0.15, -0.1) is 0 Å². The van der Waals surface area contributed by atoms with E-state index in [0.29, 0.717) is 0 Å². The Morgan fingerprint density at radius 1 is 0.300 bits per heavy atom. The van der Waals surface area contributed by atoms with Crippen LogP contribution in [0.2, 0.25) is 0 Å². The Morgan fingerprint density at radius 3 is 0.983 bits per heavy atom. The van der Waals surface area contributed by atoms with Gasteiger partial charge >= 0.3 is 0 Å². The molecule has 0 N–H and O–H groups in total. The average Bonchev–Trinajstić information content (AvgIpc) is 3.92. The van der Waals surface area contributed by atoms with E-state index in [2.05, 4.69) is 213 Å². The normalized spacial score (nSPS) is 13.7. The summed E-state index contributed by atoms with van der Waals surface area (Å²) in [5.74, 6) is 0. The molecule has 2 heteroatoms. The maximum Gasteiger partial charge on any atom is 0.0634 e. The zero-order valence-corrected chi connectivity index (χ0v) is 37.4. The van der Waals surface area contributed by atoms with Gasteiger partial charge in [-0.05, 0) is 103 Å². The predicted octanol–water partition coefficient (Wildman–Crippen LogP) is 16.5. The van der Waals surface area contributed by atoms with Crippen LogP contribution < -0.4 is 0 Å². The van der Waals surface area contributed by atoms with Gasteiger partial charge in [-0.25, -0.2) is 0 Å². The molecule has 11 aromatic rings. The van der Waals surface area contributed by atoms with Crippen molar-refractivity contribution in [3.05, 3.63) is 144 Å². The quantitative estimate of drug-likeness (QED) is 0.165. The Kier molecular flexibility index (Phi) is 7.38. The minimum absolute atomic E-state index is 0.0270. The van der Waals surface area contributed by atoms with E-state index >= 15 is 0 Å². The lowest BCUT2D eigenvalue weighted by atomic mass is 9.79. The standard InChI is InChI=1S/C58H56N2/c1-55(2,3)37-29-41-49-47-39-27-35(33-19-15-13-16-20-33)24-26-46(39)60-52-42(30-38(56(4,5)6)32-44(52)58(10,11)12)50(54(47)60)48-40-28-36(34-21-17-14-18-22-34)23-25-45(40)59(53(48)49)51(41)43(31-37)57(7,8)9/h13-32H,1-12H3. The molecule has 0 amide bonds. The molecule has 0 saturated heterocycles. The lowest BCUT2D eigenvalue weighted by molar-refractivity contribution is 0.571. The Balaban J connectivity index is 1.51. The smallest absolute Gasteiger partial charge is 0.0634 e. The fourth-order valence-corrected chi connectivity index (χ4v) is 10.5. The second kappa shape index (κ2) is 11.9. The summed E-state index contributed by atoms with van der Waals surface area (Å²) in [7, 11) is 0. The van der Waals surface area contributed by atoms with Crippen LogP contribution in [0.25, 0.3) is 98.4 Å². The first kappa shape index (κ1) is 37.2. The van der Waals surface area contributed by atoms with Crippen LogP contribution in [0.15, 0.2) is 121 Å². The van der Waals surface area contributed by atoms with Crippen LogP contribution in [0.1, 0.15) is 105 Å². The van der Waals surface area contributed by atoms with Crippen molar-refractivity contribution in [2.24, 2.45) is 0 Å². The SMILES string of the molecule is CC(C)(C)c1cc(C(C)(C)C)c2c(c1)c1c3c4cc(-c5ccccc5)ccc4n4c5c(C(C)(C)C)cc(C(C)(C)C)cc5c(c5c6cc(-c7ccccc7)ccc6n2c51)c34. The van der Waals surface area contributed by atoms with E-state index in [4.69, 9.17) is 0 Å². The van der Waals surface area contributed by atoms with Crippen LogP contribution in [-0.2, 0) is 21.7 Å². The van der Waals surface area contributed by atoms with E-state index in [1.807, 2.05) is 0 Å². The maximum absolute atomic E-state index is 2.69. The summed E-state index contributed by atoms with van der Waals surface area (Å²) in [6.45, 7) is 28.6. The number of nitrogens with zero attached hydrogens (tertiary/aromatic N) is 2. The molecule has 0 fully saturated rings. The van der Waals surface area contributed by atoms with Crippen LogP contribution in [0.5, 0.6) is 0 Å². The Bertz CT molecular complexity index is 3290. The molecule has 0 atom stereocenters. The van der Waals surface area contributed by atoms with E-state index in [1.165, 1.54) is 121 Å². The Morgan fingerprint density at radius 2 is 0.650 bits per heavy atom. The first-order valence-corrected chi connectivity index (χ1v) is 21.9. The van der Waals surface area contributed by atoms with Crippen LogP contribution in [0, 0.1) is 0 Å². The first-order chi connectivity index (χ1) is 28.3. The van der Waals surface area contributed by atoms with Crippen molar-refractivity contribution < 1.29 is 0 Å². The average molecular weight is 781 g/mol. The highest BCUT2D eigenvalue weighted by atomic mass is 15.0. The molecule has 2 nitrogen and oxygen atoms in total. The zero-order valence-electron chi connectivity index (χ0n) is 37.4. The zero-order chi connectivity index (χ0) is 42.0. The van der Waals surface area contributed by atoms with Crippen molar-refractivity contribution in [3.8, 4) is 22.3 Å². The number of benzene rings is 7. The summed E-state index contributed by atoms with van der Waals surface area (Å²) >= 11 is 0.